The number of rotatable bonds is 3. The molecular weight excluding hydrogens is 276 g/mol. The van der Waals surface area contributed by atoms with Gasteiger partial charge in [-0.05, 0) is 24.3 Å². The molecule has 0 unspecified atom stereocenters. The van der Waals surface area contributed by atoms with Gasteiger partial charge in [0.15, 0.2) is 11.5 Å². The van der Waals surface area contributed by atoms with E-state index in [-0.39, 0.29) is 4.90 Å². The fourth-order valence-electron chi connectivity index (χ4n) is 1.92. The molecule has 0 spiro atoms. The third-order valence-electron chi connectivity index (χ3n) is 2.80. The van der Waals surface area contributed by atoms with Gasteiger partial charge in [-0.1, -0.05) is 18.2 Å². The number of fused-ring (bicyclic) bond motifs is 1. The minimum Gasteiger partial charge on any atom is -0.441 e. The number of nitrogens with zero attached hydrogens (tertiary/aromatic N) is 1. The van der Waals surface area contributed by atoms with Crippen LogP contribution in [0.4, 0.5) is 5.69 Å². The third kappa shape index (κ3) is 2.37. The van der Waals surface area contributed by atoms with Gasteiger partial charge in [-0.15, -0.1) is 0 Å². The Morgan fingerprint density at radius 1 is 1.10 bits per heavy atom. The van der Waals surface area contributed by atoms with Crippen molar-refractivity contribution in [2.75, 3.05) is 4.72 Å². The van der Waals surface area contributed by atoms with Crippen LogP contribution in [0.1, 0.15) is 5.89 Å². The first-order valence-corrected chi connectivity index (χ1v) is 7.48. The number of nitrogens with one attached hydrogen (secondary N) is 1. The number of benzene rings is 2. The fourth-order valence-corrected chi connectivity index (χ4v) is 2.99. The molecule has 0 saturated heterocycles. The molecule has 2 aromatic carbocycles. The number of hydrogen-bond donors (Lipinski definition) is 1. The molecule has 0 amide bonds. The van der Waals surface area contributed by atoms with Crippen LogP contribution in [0.3, 0.4) is 0 Å². The van der Waals surface area contributed by atoms with Gasteiger partial charge in [0.05, 0.1) is 10.6 Å². The molecule has 102 valence electrons. The van der Waals surface area contributed by atoms with Gasteiger partial charge < -0.3 is 4.42 Å². The predicted octanol–water partition coefficient (Wildman–Crippen LogP) is 2.94. The first-order valence-electron chi connectivity index (χ1n) is 6.00. The molecule has 0 bridgehead atoms. The number of aryl methyl sites for hydroxylation is 1. The zero-order valence-electron chi connectivity index (χ0n) is 10.7. The number of anilines is 1. The summed E-state index contributed by atoms with van der Waals surface area (Å²) in [6.45, 7) is 1.74. The molecular formula is C14H12N2O3S. The van der Waals surface area contributed by atoms with Crippen LogP contribution < -0.4 is 4.72 Å². The second kappa shape index (κ2) is 4.64. The van der Waals surface area contributed by atoms with E-state index < -0.39 is 10.0 Å². The topological polar surface area (TPSA) is 72.2 Å². The van der Waals surface area contributed by atoms with E-state index in [4.69, 9.17) is 4.42 Å². The van der Waals surface area contributed by atoms with Crippen molar-refractivity contribution in [2.24, 2.45) is 0 Å². The standard InChI is InChI=1S/C14H12N2O3S/c1-10-15-13-8-7-11(9-14(13)19-10)16-20(17,18)12-5-3-2-4-6-12/h2-9,16H,1H3. The Hall–Kier alpha value is -2.34. The first kappa shape index (κ1) is 12.7. The summed E-state index contributed by atoms with van der Waals surface area (Å²) in [5, 5.41) is 0. The summed E-state index contributed by atoms with van der Waals surface area (Å²) in [6.07, 6.45) is 0. The molecule has 1 heterocycles. The smallest absolute Gasteiger partial charge is 0.261 e. The van der Waals surface area contributed by atoms with Gasteiger partial charge in [0.2, 0.25) is 0 Å². The van der Waals surface area contributed by atoms with E-state index in [1.54, 1.807) is 55.5 Å². The minimum atomic E-state index is -3.59. The Labute approximate surface area is 116 Å². The molecule has 3 aromatic rings. The maximum absolute atomic E-state index is 12.2. The Morgan fingerprint density at radius 2 is 1.85 bits per heavy atom. The van der Waals surface area contributed by atoms with Crippen molar-refractivity contribution in [2.45, 2.75) is 11.8 Å². The van der Waals surface area contributed by atoms with E-state index in [1.165, 1.54) is 0 Å². The minimum absolute atomic E-state index is 0.217. The van der Waals surface area contributed by atoms with Crippen molar-refractivity contribution in [3.8, 4) is 0 Å². The molecule has 0 aliphatic heterocycles. The van der Waals surface area contributed by atoms with Gasteiger partial charge in [-0.2, -0.15) is 0 Å². The Bertz CT molecular complexity index is 855. The highest BCUT2D eigenvalue weighted by molar-refractivity contribution is 7.92. The van der Waals surface area contributed by atoms with Gasteiger partial charge in [0.1, 0.15) is 5.52 Å². The molecule has 0 radical (unpaired) electrons. The van der Waals surface area contributed by atoms with E-state index >= 15 is 0 Å². The molecule has 6 heteroatoms. The van der Waals surface area contributed by atoms with Crippen LogP contribution in [0.15, 0.2) is 57.8 Å². The second-order valence-corrected chi connectivity index (χ2v) is 6.02. The SMILES string of the molecule is Cc1nc2ccc(NS(=O)(=O)c3ccccc3)cc2o1. The molecule has 0 aliphatic carbocycles. The van der Waals surface area contributed by atoms with Gasteiger partial charge in [0, 0.05) is 13.0 Å². The zero-order valence-corrected chi connectivity index (χ0v) is 11.5. The highest BCUT2D eigenvalue weighted by atomic mass is 32.2. The van der Waals surface area contributed by atoms with Crippen LogP contribution in [-0.2, 0) is 10.0 Å². The quantitative estimate of drug-likeness (QED) is 0.804. The molecule has 20 heavy (non-hydrogen) atoms. The summed E-state index contributed by atoms with van der Waals surface area (Å²) in [7, 11) is -3.59. The lowest BCUT2D eigenvalue weighted by molar-refractivity contribution is 0.561. The molecule has 1 N–H and O–H groups in total. The molecule has 5 nitrogen and oxygen atoms in total. The lowest BCUT2D eigenvalue weighted by Crippen LogP contribution is -2.12. The van der Waals surface area contributed by atoms with E-state index in [9.17, 15) is 8.42 Å². The van der Waals surface area contributed by atoms with Crippen LogP contribution in [0.25, 0.3) is 11.1 Å². The average Bonchev–Trinajstić information content (AvgIpc) is 2.79. The van der Waals surface area contributed by atoms with Gasteiger partial charge in [-0.25, -0.2) is 13.4 Å². The summed E-state index contributed by atoms with van der Waals surface area (Å²) < 4.78 is 32.3. The van der Waals surface area contributed by atoms with Crippen LogP contribution in [0.2, 0.25) is 0 Å². The summed E-state index contributed by atoms with van der Waals surface area (Å²) in [4.78, 5) is 4.38. The van der Waals surface area contributed by atoms with Crippen LogP contribution >= 0.6 is 0 Å². The maximum atomic E-state index is 12.2. The average molecular weight is 288 g/mol. The van der Waals surface area contributed by atoms with E-state index in [2.05, 4.69) is 9.71 Å². The maximum Gasteiger partial charge on any atom is 0.261 e. The predicted molar refractivity (Wildman–Crippen MR) is 76.0 cm³/mol. The largest absolute Gasteiger partial charge is 0.441 e. The monoisotopic (exact) mass is 288 g/mol. The van der Waals surface area contributed by atoms with Crippen LogP contribution in [-0.4, -0.2) is 13.4 Å². The molecule has 0 saturated carbocycles. The van der Waals surface area contributed by atoms with Crippen molar-refractivity contribution in [3.63, 3.8) is 0 Å². The Morgan fingerprint density at radius 3 is 2.60 bits per heavy atom. The summed E-state index contributed by atoms with van der Waals surface area (Å²) >= 11 is 0. The second-order valence-electron chi connectivity index (χ2n) is 4.33. The van der Waals surface area contributed by atoms with E-state index in [1.807, 2.05) is 0 Å². The summed E-state index contributed by atoms with van der Waals surface area (Å²) in [6, 6.07) is 13.2. The Balaban J connectivity index is 1.96. The highest BCUT2D eigenvalue weighted by Gasteiger charge is 2.14. The normalized spacial score (nSPS) is 11.7. The summed E-state index contributed by atoms with van der Waals surface area (Å²) in [5.41, 5.74) is 1.69. The summed E-state index contributed by atoms with van der Waals surface area (Å²) in [5.74, 6) is 0.545. The molecule has 3 rings (SSSR count). The van der Waals surface area contributed by atoms with Crippen molar-refractivity contribution in [3.05, 3.63) is 54.4 Å². The van der Waals surface area contributed by atoms with E-state index in [0.29, 0.717) is 22.7 Å². The third-order valence-corrected chi connectivity index (χ3v) is 4.20. The van der Waals surface area contributed by atoms with Crippen molar-refractivity contribution in [1.29, 1.82) is 0 Å². The molecule has 0 aliphatic rings. The van der Waals surface area contributed by atoms with Crippen LogP contribution in [0.5, 0.6) is 0 Å². The number of hydrogen-bond acceptors (Lipinski definition) is 4. The van der Waals surface area contributed by atoms with Crippen molar-refractivity contribution < 1.29 is 12.8 Å². The van der Waals surface area contributed by atoms with E-state index in [0.717, 1.165) is 0 Å². The first-order chi connectivity index (χ1) is 9.54. The Kier molecular flexibility index (Phi) is 2.94. The number of oxazole rings is 1. The van der Waals surface area contributed by atoms with Gasteiger partial charge >= 0.3 is 0 Å². The van der Waals surface area contributed by atoms with Crippen molar-refractivity contribution in [1.82, 2.24) is 4.98 Å². The van der Waals surface area contributed by atoms with Gasteiger partial charge in [0.25, 0.3) is 10.0 Å². The fraction of sp³-hybridized carbons (Fsp3) is 0.0714. The molecule has 0 atom stereocenters. The lowest BCUT2D eigenvalue weighted by atomic mass is 10.3. The van der Waals surface area contributed by atoms with Crippen molar-refractivity contribution >= 4 is 26.8 Å². The van der Waals surface area contributed by atoms with Crippen LogP contribution in [0, 0.1) is 6.92 Å². The molecule has 1 aromatic heterocycles. The zero-order chi connectivity index (χ0) is 14.2. The van der Waals surface area contributed by atoms with Gasteiger partial charge in [-0.3, -0.25) is 4.72 Å². The number of aromatic nitrogens is 1. The lowest BCUT2D eigenvalue weighted by Gasteiger charge is -2.07. The molecule has 0 fully saturated rings. The highest BCUT2D eigenvalue weighted by Crippen LogP contribution is 2.22. The number of sulfonamides is 1.